The van der Waals surface area contributed by atoms with Crippen molar-refractivity contribution in [2.24, 2.45) is 12.0 Å². The summed E-state index contributed by atoms with van der Waals surface area (Å²) in [6, 6.07) is 20.0. The van der Waals surface area contributed by atoms with Crippen LogP contribution in [-0.2, 0) is 20.1 Å². The Hall–Kier alpha value is -2.38. The molecular weight excluding hydrogens is 388 g/mol. The predicted octanol–water partition coefficient (Wildman–Crippen LogP) is 4.56. The highest BCUT2D eigenvalue weighted by molar-refractivity contribution is 8.38. The maximum atomic E-state index is 13.2. The molecule has 146 valence electrons. The summed E-state index contributed by atoms with van der Waals surface area (Å²) in [5, 5.41) is 3.32. The van der Waals surface area contributed by atoms with Crippen molar-refractivity contribution in [1.82, 2.24) is 9.36 Å². The van der Waals surface area contributed by atoms with E-state index in [9.17, 15) is 4.79 Å². The Morgan fingerprint density at radius 2 is 1.54 bits per heavy atom. The first-order valence-electron chi connectivity index (χ1n) is 8.92. The second-order valence-corrected chi connectivity index (χ2v) is 8.04. The van der Waals surface area contributed by atoms with Crippen LogP contribution in [0.15, 0.2) is 70.5 Å². The van der Waals surface area contributed by atoms with Crippen LogP contribution >= 0.6 is 23.5 Å². The third-order valence-electron chi connectivity index (χ3n) is 4.37. The summed E-state index contributed by atoms with van der Waals surface area (Å²) in [6.07, 6.45) is 3.98. The molecule has 3 aromatic rings. The fourth-order valence-corrected chi connectivity index (χ4v) is 3.92. The number of aliphatic imine (C=N–C) groups is 1. The van der Waals surface area contributed by atoms with Gasteiger partial charge in [-0.25, -0.2) is 9.67 Å². The van der Waals surface area contributed by atoms with E-state index in [0.29, 0.717) is 24.6 Å². The Morgan fingerprint density at radius 3 is 2.11 bits per heavy atom. The maximum absolute atomic E-state index is 13.2. The van der Waals surface area contributed by atoms with Crippen molar-refractivity contribution >= 4 is 39.4 Å². The van der Waals surface area contributed by atoms with Gasteiger partial charge in [0.15, 0.2) is 5.82 Å². The van der Waals surface area contributed by atoms with E-state index in [0.717, 1.165) is 15.5 Å². The first-order chi connectivity index (χ1) is 13.6. The molecule has 0 aliphatic rings. The number of benzene rings is 2. The molecule has 0 bridgehead atoms. The molecule has 0 saturated carbocycles. The van der Waals surface area contributed by atoms with E-state index in [-0.39, 0.29) is 5.56 Å². The average molecular weight is 413 g/mol. The lowest BCUT2D eigenvalue weighted by atomic mass is 10.2. The number of hydrogen-bond acceptors (Lipinski definition) is 5. The van der Waals surface area contributed by atoms with Gasteiger partial charge in [-0.2, -0.15) is 0 Å². The largest absolute Gasteiger partial charge is 0.373 e. The summed E-state index contributed by atoms with van der Waals surface area (Å²) in [6.45, 7) is 1.07. The topological polar surface area (TPSA) is 51.3 Å². The molecule has 28 heavy (non-hydrogen) atoms. The van der Waals surface area contributed by atoms with E-state index in [2.05, 4.69) is 5.32 Å². The molecule has 1 heterocycles. The van der Waals surface area contributed by atoms with Crippen molar-refractivity contribution in [1.29, 1.82) is 0 Å². The molecule has 0 atom stereocenters. The van der Waals surface area contributed by atoms with Gasteiger partial charge in [-0.05, 0) is 23.6 Å². The molecule has 0 radical (unpaired) electrons. The molecule has 0 spiro atoms. The van der Waals surface area contributed by atoms with Crippen LogP contribution in [0.2, 0.25) is 0 Å². The third-order valence-corrected chi connectivity index (χ3v) is 6.26. The molecule has 0 unspecified atom stereocenters. The van der Waals surface area contributed by atoms with Crippen LogP contribution in [0.1, 0.15) is 11.1 Å². The van der Waals surface area contributed by atoms with Crippen molar-refractivity contribution in [3.05, 3.63) is 82.1 Å². The Labute approximate surface area is 173 Å². The summed E-state index contributed by atoms with van der Waals surface area (Å²) in [5.74, 6) is 0.649. The van der Waals surface area contributed by atoms with E-state index < -0.39 is 0 Å². The van der Waals surface area contributed by atoms with Gasteiger partial charge in [-0.15, -0.1) is 23.5 Å². The molecule has 5 nitrogen and oxygen atoms in total. The molecule has 0 amide bonds. The van der Waals surface area contributed by atoms with Gasteiger partial charge in [0.25, 0.3) is 5.56 Å². The number of aromatic nitrogens is 2. The summed E-state index contributed by atoms with van der Waals surface area (Å²) in [4.78, 5) is 17.9. The molecule has 1 aromatic heterocycles. The fraction of sp³-hybridized carbons (Fsp3) is 0.238. The van der Waals surface area contributed by atoms with Crippen molar-refractivity contribution in [3.63, 3.8) is 0 Å². The highest BCUT2D eigenvalue weighted by Gasteiger charge is 2.18. The molecular formula is C21H24N4OS2. The van der Waals surface area contributed by atoms with Crippen LogP contribution in [0.5, 0.6) is 0 Å². The normalized spacial score (nSPS) is 10.7. The zero-order chi connectivity index (χ0) is 19.9. The number of nitrogens with zero attached hydrogens (tertiary/aromatic N) is 3. The van der Waals surface area contributed by atoms with Gasteiger partial charge in [0.2, 0.25) is 0 Å². The van der Waals surface area contributed by atoms with Crippen molar-refractivity contribution in [3.8, 4) is 0 Å². The maximum Gasteiger partial charge on any atom is 0.292 e. The lowest BCUT2D eigenvalue weighted by Crippen LogP contribution is -2.23. The van der Waals surface area contributed by atoms with Crippen LogP contribution in [0.3, 0.4) is 0 Å². The molecule has 0 saturated heterocycles. The lowest BCUT2D eigenvalue weighted by Gasteiger charge is -2.09. The zero-order valence-corrected chi connectivity index (χ0v) is 17.9. The quantitative estimate of drug-likeness (QED) is 0.476. The van der Waals surface area contributed by atoms with Crippen molar-refractivity contribution in [2.45, 2.75) is 13.1 Å². The predicted molar refractivity (Wildman–Crippen MR) is 123 cm³/mol. The summed E-state index contributed by atoms with van der Waals surface area (Å²) >= 11 is 3.15. The van der Waals surface area contributed by atoms with Gasteiger partial charge in [0.1, 0.15) is 10.1 Å². The van der Waals surface area contributed by atoms with Crippen LogP contribution < -0.4 is 10.9 Å². The van der Waals surface area contributed by atoms with Crippen molar-refractivity contribution < 1.29 is 0 Å². The Balaban J connectivity index is 2.01. The van der Waals surface area contributed by atoms with Crippen molar-refractivity contribution in [2.75, 3.05) is 17.8 Å². The van der Waals surface area contributed by atoms with Gasteiger partial charge in [-0.3, -0.25) is 9.48 Å². The third kappa shape index (κ3) is 4.72. The van der Waals surface area contributed by atoms with Gasteiger partial charge < -0.3 is 5.32 Å². The molecule has 3 rings (SSSR count). The Morgan fingerprint density at radius 1 is 0.964 bits per heavy atom. The van der Waals surface area contributed by atoms with Gasteiger partial charge in [0, 0.05) is 13.6 Å². The van der Waals surface area contributed by atoms with E-state index in [1.54, 1.807) is 28.2 Å². The summed E-state index contributed by atoms with van der Waals surface area (Å²) in [5.41, 5.74) is 2.65. The Kier molecular flexibility index (Phi) is 7.06. The van der Waals surface area contributed by atoms with Crippen LogP contribution in [0.25, 0.3) is 0 Å². The molecule has 1 N–H and O–H groups in total. The second kappa shape index (κ2) is 9.71. The highest BCUT2D eigenvalue weighted by atomic mass is 32.2. The number of nitrogens with one attached hydrogen (secondary N) is 1. The molecule has 2 aromatic carbocycles. The number of hydrogen-bond donors (Lipinski definition) is 1. The number of anilines is 1. The van der Waals surface area contributed by atoms with E-state index in [1.807, 2.05) is 84.9 Å². The van der Waals surface area contributed by atoms with Gasteiger partial charge >= 0.3 is 0 Å². The molecule has 0 aliphatic carbocycles. The van der Waals surface area contributed by atoms with E-state index in [1.165, 1.54) is 0 Å². The smallest absolute Gasteiger partial charge is 0.292 e. The molecule has 0 fully saturated rings. The van der Waals surface area contributed by atoms with Gasteiger partial charge in [0.05, 0.1) is 6.54 Å². The minimum Gasteiger partial charge on any atom is -0.373 e. The lowest BCUT2D eigenvalue weighted by molar-refractivity contribution is 0.539. The minimum atomic E-state index is -0.0670. The standard InChI is InChI=1S/C21H24N4OS2/c1-24-19(23-21(27-2)28-3)18(22-14-16-10-6-4-7-11-16)20(26)25(24)15-17-12-8-5-9-13-17/h4-13,22H,14-15H2,1-3H3. The van der Waals surface area contributed by atoms with Crippen LogP contribution in [0, 0.1) is 0 Å². The van der Waals surface area contributed by atoms with Gasteiger partial charge in [-0.1, -0.05) is 60.7 Å². The number of thioether (sulfide) groups is 2. The first kappa shape index (κ1) is 20.4. The van der Waals surface area contributed by atoms with E-state index >= 15 is 0 Å². The summed E-state index contributed by atoms with van der Waals surface area (Å²) in [7, 11) is 1.88. The average Bonchev–Trinajstić information content (AvgIpc) is 2.95. The highest BCUT2D eigenvalue weighted by Crippen LogP contribution is 2.26. The van der Waals surface area contributed by atoms with Crippen LogP contribution in [0.4, 0.5) is 11.5 Å². The summed E-state index contributed by atoms with van der Waals surface area (Å²) < 4.78 is 4.48. The Bertz CT molecular complexity index is 988. The van der Waals surface area contributed by atoms with Crippen LogP contribution in [-0.4, -0.2) is 26.3 Å². The first-order valence-corrected chi connectivity index (χ1v) is 11.4. The number of rotatable bonds is 6. The second-order valence-electron chi connectivity index (χ2n) is 6.20. The zero-order valence-electron chi connectivity index (χ0n) is 16.3. The monoisotopic (exact) mass is 412 g/mol. The molecule has 0 aliphatic heterocycles. The molecule has 7 heteroatoms. The minimum absolute atomic E-state index is 0.0670. The fourth-order valence-electron chi connectivity index (χ4n) is 2.90. The van der Waals surface area contributed by atoms with E-state index in [4.69, 9.17) is 4.99 Å². The SMILES string of the molecule is CSC(=Nc1c(NCc2ccccc2)c(=O)n(Cc2ccccc2)n1C)SC.